The minimum Gasteiger partial charge on any atom is -0.444 e. The van der Waals surface area contributed by atoms with E-state index in [2.05, 4.69) is 5.32 Å². The van der Waals surface area contributed by atoms with Crippen LogP contribution >= 0.6 is 0 Å². The Labute approximate surface area is 108 Å². The molecule has 6 heteroatoms. The summed E-state index contributed by atoms with van der Waals surface area (Å²) in [7, 11) is 0. The van der Waals surface area contributed by atoms with E-state index in [4.69, 9.17) is 10.5 Å². The molecule has 2 amide bonds. The lowest BCUT2D eigenvalue weighted by Crippen LogP contribution is -2.44. The van der Waals surface area contributed by atoms with Gasteiger partial charge in [-0.15, -0.1) is 0 Å². The Morgan fingerprint density at radius 3 is 1.94 bits per heavy atom. The Kier molecular flexibility index (Phi) is 8.86. The van der Waals surface area contributed by atoms with Gasteiger partial charge in [-0.3, -0.25) is 9.59 Å². The van der Waals surface area contributed by atoms with E-state index in [-0.39, 0.29) is 12.2 Å². The first-order valence-corrected chi connectivity index (χ1v) is 5.90. The van der Waals surface area contributed by atoms with E-state index in [0.29, 0.717) is 0 Å². The minimum absolute atomic E-state index is 0.228. The first kappa shape index (κ1) is 18.8. The second-order valence-corrected chi connectivity index (χ2v) is 4.48. The molecule has 0 saturated heterocycles. The zero-order valence-corrected chi connectivity index (χ0v) is 12.0. The summed E-state index contributed by atoms with van der Waals surface area (Å²) in [5.41, 5.74) is 4.30. The zero-order valence-electron chi connectivity index (χ0n) is 12.0. The van der Waals surface area contributed by atoms with Gasteiger partial charge in [0.05, 0.1) is 12.5 Å². The molecule has 0 rings (SSSR count). The summed E-state index contributed by atoms with van der Waals surface area (Å²) in [4.78, 5) is 33.1. The summed E-state index contributed by atoms with van der Waals surface area (Å²) in [5.74, 6) is -0.999. The molecular weight excluding hydrogens is 236 g/mol. The van der Waals surface area contributed by atoms with Crippen LogP contribution in [-0.4, -0.2) is 29.4 Å². The molecule has 0 aliphatic heterocycles. The quantitative estimate of drug-likeness (QED) is 0.797. The van der Waals surface area contributed by atoms with Crippen LogP contribution in [0.3, 0.4) is 0 Å². The number of primary amides is 1. The van der Waals surface area contributed by atoms with Crippen molar-refractivity contribution in [2.75, 3.05) is 0 Å². The van der Waals surface area contributed by atoms with Crippen LogP contribution in [0.15, 0.2) is 0 Å². The smallest absolute Gasteiger partial charge is 0.408 e. The number of carbonyl (C=O) groups excluding carboxylic acids is 3. The first-order valence-electron chi connectivity index (χ1n) is 5.90. The van der Waals surface area contributed by atoms with Crippen molar-refractivity contribution < 1.29 is 19.1 Å². The Bertz CT molecular complexity index is 295. The third-order valence-electron chi connectivity index (χ3n) is 1.59. The summed E-state index contributed by atoms with van der Waals surface area (Å²) in [6.07, 6.45) is -0.969. The first-order chi connectivity index (χ1) is 8.11. The van der Waals surface area contributed by atoms with E-state index in [1.54, 1.807) is 20.8 Å². The highest BCUT2D eigenvalue weighted by atomic mass is 16.6. The lowest BCUT2D eigenvalue weighted by atomic mass is 10.1. The van der Waals surface area contributed by atoms with Crippen LogP contribution in [-0.2, 0) is 14.3 Å². The molecule has 1 atom stereocenters. The lowest BCUT2D eigenvalue weighted by Gasteiger charge is -2.22. The Balaban J connectivity index is 0. The van der Waals surface area contributed by atoms with Gasteiger partial charge in [-0.2, -0.15) is 0 Å². The third-order valence-corrected chi connectivity index (χ3v) is 1.59. The molecule has 18 heavy (non-hydrogen) atoms. The standard InChI is InChI=1S/C10H18N2O4.C2H6/c1-6(13)7(5-8(11)14)12-9(15)16-10(2,3)4;1-2/h7H,5H2,1-4H3,(H2,11,14)(H,12,15);1-2H3/t7-;/m0./s1. The van der Waals surface area contributed by atoms with E-state index < -0.39 is 23.6 Å². The maximum absolute atomic E-state index is 11.3. The van der Waals surface area contributed by atoms with Crippen molar-refractivity contribution in [3.05, 3.63) is 0 Å². The van der Waals surface area contributed by atoms with Crippen LogP contribution in [0, 0.1) is 0 Å². The predicted octanol–water partition coefficient (Wildman–Crippen LogP) is 1.37. The molecule has 0 spiro atoms. The van der Waals surface area contributed by atoms with Gasteiger partial charge in [0.2, 0.25) is 5.91 Å². The second kappa shape index (κ2) is 8.49. The van der Waals surface area contributed by atoms with Crippen molar-refractivity contribution in [3.8, 4) is 0 Å². The summed E-state index contributed by atoms with van der Waals surface area (Å²) in [6, 6.07) is -0.924. The van der Waals surface area contributed by atoms with Crippen LogP contribution in [0.25, 0.3) is 0 Å². The second-order valence-electron chi connectivity index (χ2n) is 4.48. The van der Waals surface area contributed by atoms with Gasteiger partial charge in [0.1, 0.15) is 5.60 Å². The number of carbonyl (C=O) groups is 3. The van der Waals surface area contributed by atoms with E-state index in [9.17, 15) is 14.4 Å². The van der Waals surface area contributed by atoms with E-state index in [1.807, 2.05) is 13.8 Å². The maximum atomic E-state index is 11.3. The average molecular weight is 260 g/mol. The predicted molar refractivity (Wildman–Crippen MR) is 69.0 cm³/mol. The molecule has 0 aromatic rings. The fraction of sp³-hybridized carbons (Fsp3) is 0.750. The molecular formula is C12H24N2O4. The van der Waals surface area contributed by atoms with Gasteiger partial charge in [0.15, 0.2) is 5.78 Å². The molecule has 0 fully saturated rings. The number of hydrogen-bond acceptors (Lipinski definition) is 4. The van der Waals surface area contributed by atoms with Gasteiger partial charge in [-0.05, 0) is 27.7 Å². The molecule has 0 heterocycles. The number of ketones is 1. The molecule has 0 aromatic heterocycles. The molecule has 0 aliphatic carbocycles. The molecule has 0 aliphatic rings. The zero-order chi connectivity index (χ0) is 14.9. The number of hydrogen-bond donors (Lipinski definition) is 2. The van der Waals surface area contributed by atoms with Gasteiger partial charge in [-0.1, -0.05) is 13.8 Å². The molecule has 0 radical (unpaired) electrons. The largest absolute Gasteiger partial charge is 0.444 e. The molecule has 6 nitrogen and oxygen atoms in total. The van der Waals surface area contributed by atoms with Crippen molar-refractivity contribution >= 4 is 17.8 Å². The Hall–Kier alpha value is -1.59. The highest BCUT2D eigenvalue weighted by Gasteiger charge is 2.23. The summed E-state index contributed by atoms with van der Waals surface area (Å²) < 4.78 is 4.95. The van der Waals surface area contributed by atoms with E-state index in [0.717, 1.165) is 0 Å². The van der Waals surface area contributed by atoms with Crippen molar-refractivity contribution in [1.29, 1.82) is 0 Å². The molecule has 0 saturated carbocycles. The average Bonchev–Trinajstić information content (AvgIpc) is 2.16. The van der Waals surface area contributed by atoms with Gasteiger partial charge in [-0.25, -0.2) is 4.79 Å². The number of Topliss-reactive ketones (excluding diaryl/α,β-unsaturated/α-hetero) is 1. The summed E-state index contributed by atoms with van der Waals surface area (Å²) >= 11 is 0. The van der Waals surface area contributed by atoms with E-state index in [1.165, 1.54) is 6.92 Å². The normalized spacial score (nSPS) is 11.7. The summed E-state index contributed by atoms with van der Waals surface area (Å²) in [5, 5.41) is 2.29. The van der Waals surface area contributed by atoms with Crippen LogP contribution in [0.2, 0.25) is 0 Å². The van der Waals surface area contributed by atoms with Crippen molar-refractivity contribution in [2.45, 2.75) is 59.6 Å². The monoisotopic (exact) mass is 260 g/mol. The number of nitrogens with one attached hydrogen (secondary N) is 1. The highest BCUT2D eigenvalue weighted by molar-refractivity contribution is 5.90. The SMILES string of the molecule is CC.CC(=O)[C@H](CC(N)=O)NC(=O)OC(C)(C)C. The highest BCUT2D eigenvalue weighted by Crippen LogP contribution is 2.07. The van der Waals surface area contributed by atoms with Crippen LogP contribution < -0.4 is 11.1 Å². The molecule has 3 N–H and O–H groups in total. The van der Waals surface area contributed by atoms with Crippen molar-refractivity contribution in [2.24, 2.45) is 5.73 Å². The Morgan fingerprint density at radius 2 is 1.67 bits per heavy atom. The number of amides is 2. The van der Waals surface area contributed by atoms with Gasteiger partial charge >= 0.3 is 6.09 Å². The Morgan fingerprint density at radius 1 is 1.22 bits per heavy atom. The van der Waals surface area contributed by atoms with Gasteiger partial charge in [0, 0.05) is 0 Å². The lowest BCUT2D eigenvalue weighted by molar-refractivity contribution is -0.124. The maximum Gasteiger partial charge on any atom is 0.408 e. The number of ether oxygens (including phenoxy) is 1. The van der Waals surface area contributed by atoms with E-state index >= 15 is 0 Å². The van der Waals surface area contributed by atoms with Crippen LogP contribution in [0.1, 0.15) is 48.0 Å². The van der Waals surface area contributed by atoms with Crippen LogP contribution in [0.4, 0.5) is 4.79 Å². The number of nitrogens with two attached hydrogens (primary N) is 1. The molecule has 0 bridgehead atoms. The number of alkyl carbamates (subject to hydrolysis) is 1. The van der Waals surface area contributed by atoms with Crippen molar-refractivity contribution in [3.63, 3.8) is 0 Å². The van der Waals surface area contributed by atoms with Gasteiger partial charge < -0.3 is 15.8 Å². The fourth-order valence-electron chi connectivity index (χ4n) is 0.947. The fourth-order valence-corrected chi connectivity index (χ4v) is 0.947. The van der Waals surface area contributed by atoms with Gasteiger partial charge in [0.25, 0.3) is 0 Å². The minimum atomic E-state index is -0.924. The molecule has 106 valence electrons. The topological polar surface area (TPSA) is 98.5 Å². The van der Waals surface area contributed by atoms with Crippen molar-refractivity contribution in [1.82, 2.24) is 5.32 Å². The number of rotatable bonds is 4. The summed E-state index contributed by atoms with van der Waals surface area (Å²) in [6.45, 7) is 10.4. The third kappa shape index (κ3) is 10.9. The van der Waals surface area contributed by atoms with Crippen LogP contribution in [0.5, 0.6) is 0 Å². The molecule has 0 unspecified atom stereocenters. The molecule has 0 aromatic carbocycles.